The van der Waals surface area contributed by atoms with Crippen molar-refractivity contribution in [1.82, 2.24) is 0 Å². The first-order valence-corrected chi connectivity index (χ1v) is 8.59. The number of Topliss-reactive ketones (excluding diaryl/α,β-unsaturated/α-hetero) is 1. The van der Waals surface area contributed by atoms with Crippen molar-refractivity contribution in [1.29, 1.82) is 0 Å². The molecule has 0 heterocycles. The fraction of sp³-hybridized carbons (Fsp3) is 0.300. The zero-order valence-electron chi connectivity index (χ0n) is 15.6. The molecule has 0 fully saturated rings. The van der Waals surface area contributed by atoms with Crippen LogP contribution in [0.2, 0.25) is 0 Å². The fourth-order valence-electron chi connectivity index (χ4n) is 2.55. The minimum Gasteiger partial charge on any atom is -0.507 e. The number of phenolic OH excluding ortho intramolecular Hbond substituents is 3. The van der Waals surface area contributed by atoms with Gasteiger partial charge >= 0.3 is 5.97 Å². The molecule has 0 aliphatic carbocycles. The maximum atomic E-state index is 12.3. The maximum absolute atomic E-state index is 12.3. The van der Waals surface area contributed by atoms with E-state index in [2.05, 4.69) is 0 Å². The Morgan fingerprint density at radius 2 is 1.68 bits per heavy atom. The molecule has 3 N–H and O–H groups in total. The van der Waals surface area contributed by atoms with Crippen LogP contribution in [0.25, 0.3) is 0 Å². The molecular weight excluding hydrogens is 368 g/mol. The van der Waals surface area contributed by atoms with Gasteiger partial charge in [-0.2, -0.15) is 0 Å². The molecule has 0 radical (unpaired) electrons. The van der Waals surface area contributed by atoms with Gasteiger partial charge in [0.25, 0.3) is 0 Å². The summed E-state index contributed by atoms with van der Waals surface area (Å²) >= 11 is 0. The van der Waals surface area contributed by atoms with Crippen LogP contribution in [0, 0.1) is 0 Å². The van der Waals surface area contributed by atoms with E-state index in [0.29, 0.717) is 0 Å². The van der Waals surface area contributed by atoms with Crippen LogP contribution in [0.3, 0.4) is 0 Å². The molecule has 0 aliphatic rings. The monoisotopic (exact) mass is 390 g/mol. The Hall–Kier alpha value is -3.42. The van der Waals surface area contributed by atoms with Gasteiger partial charge in [0, 0.05) is 29.7 Å². The number of ether oxygens (including phenoxy) is 3. The second-order valence-corrected chi connectivity index (χ2v) is 5.84. The summed E-state index contributed by atoms with van der Waals surface area (Å²) in [7, 11) is 1.40. The van der Waals surface area contributed by atoms with Crippen molar-refractivity contribution in [2.45, 2.75) is 19.8 Å². The minimum absolute atomic E-state index is 0.00405. The Morgan fingerprint density at radius 3 is 2.25 bits per heavy atom. The van der Waals surface area contributed by atoms with Crippen molar-refractivity contribution < 1.29 is 39.1 Å². The van der Waals surface area contributed by atoms with Gasteiger partial charge in [-0.3, -0.25) is 4.79 Å². The lowest BCUT2D eigenvalue weighted by molar-refractivity contribution is -0.145. The van der Waals surface area contributed by atoms with Gasteiger partial charge in [-0.15, -0.1) is 0 Å². The second-order valence-electron chi connectivity index (χ2n) is 5.84. The molecule has 0 saturated heterocycles. The van der Waals surface area contributed by atoms with Crippen molar-refractivity contribution in [3.8, 4) is 28.7 Å². The summed E-state index contributed by atoms with van der Waals surface area (Å²) in [5, 5.41) is 30.0. The van der Waals surface area contributed by atoms with E-state index < -0.39 is 5.97 Å². The smallest absolute Gasteiger partial charge is 0.344 e. The average molecular weight is 390 g/mol. The van der Waals surface area contributed by atoms with E-state index in [-0.39, 0.29) is 71.7 Å². The van der Waals surface area contributed by atoms with E-state index in [0.717, 1.165) is 0 Å². The van der Waals surface area contributed by atoms with Crippen molar-refractivity contribution in [2.75, 3.05) is 20.3 Å². The van der Waals surface area contributed by atoms with E-state index in [1.54, 1.807) is 6.92 Å². The van der Waals surface area contributed by atoms with Gasteiger partial charge in [0.05, 0.1) is 13.7 Å². The number of hydrogen-bond acceptors (Lipinski definition) is 8. The summed E-state index contributed by atoms with van der Waals surface area (Å²) < 4.78 is 14.8. The molecule has 150 valence electrons. The Balaban J connectivity index is 2.03. The highest BCUT2D eigenvalue weighted by Crippen LogP contribution is 2.34. The number of ketones is 1. The molecule has 0 saturated carbocycles. The zero-order valence-corrected chi connectivity index (χ0v) is 15.6. The summed E-state index contributed by atoms with van der Waals surface area (Å²) in [6.45, 7) is 1.53. The van der Waals surface area contributed by atoms with Crippen LogP contribution >= 0.6 is 0 Å². The molecular formula is C20H22O8. The molecule has 8 nitrogen and oxygen atoms in total. The van der Waals surface area contributed by atoms with E-state index in [9.17, 15) is 24.9 Å². The number of hydrogen-bond donors (Lipinski definition) is 3. The highest BCUT2D eigenvalue weighted by molar-refractivity contribution is 5.96. The third-order valence-corrected chi connectivity index (χ3v) is 3.94. The molecule has 0 aliphatic heterocycles. The quantitative estimate of drug-likeness (QED) is 0.441. The van der Waals surface area contributed by atoms with Crippen molar-refractivity contribution >= 4 is 11.8 Å². The number of carbonyl (C=O) groups excluding carboxylic acids is 2. The number of phenols is 3. The van der Waals surface area contributed by atoms with Gasteiger partial charge < -0.3 is 29.5 Å². The lowest BCUT2D eigenvalue weighted by Gasteiger charge is -2.11. The highest BCUT2D eigenvalue weighted by atomic mass is 16.6. The van der Waals surface area contributed by atoms with Gasteiger partial charge in [-0.25, -0.2) is 4.79 Å². The van der Waals surface area contributed by atoms with Crippen molar-refractivity contribution in [3.63, 3.8) is 0 Å². The van der Waals surface area contributed by atoms with E-state index in [4.69, 9.17) is 14.2 Å². The van der Waals surface area contributed by atoms with Gasteiger partial charge in [-0.05, 0) is 31.5 Å². The molecule has 0 atom stereocenters. The Kier molecular flexibility index (Phi) is 7.08. The van der Waals surface area contributed by atoms with Gasteiger partial charge in [0.2, 0.25) is 0 Å². The predicted molar refractivity (Wildman–Crippen MR) is 99.2 cm³/mol. The summed E-state index contributed by atoms with van der Waals surface area (Å²) in [5.74, 6) is -1.17. The van der Waals surface area contributed by atoms with Crippen molar-refractivity contribution in [2.24, 2.45) is 0 Å². The second kappa shape index (κ2) is 9.50. The lowest BCUT2D eigenvalue weighted by Crippen LogP contribution is -2.14. The number of carbonyl (C=O) groups is 2. The number of aromatic hydroxyl groups is 3. The normalized spacial score (nSPS) is 10.4. The number of esters is 1. The van der Waals surface area contributed by atoms with Crippen LogP contribution in [-0.4, -0.2) is 47.4 Å². The number of benzene rings is 2. The van der Waals surface area contributed by atoms with E-state index >= 15 is 0 Å². The van der Waals surface area contributed by atoms with Crippen LogP contribution in [0.5, 0.6) is 28.7 Å². The van der Waals surface area contributed by atoms with E-state index in [1.807, 2.05) is 0 Å². The summed E-state index contributed by atoms with van der Waals surface area (Å²) in [6.07, 6.45) is 0.0668. The molecule has 0 bridgehead atoms. The Morgan fingerprint density at radius 1 is 1.00 bits per heavy atom. The molecule has 28 heavy (non-hydrogen) atoms. The van der Waals surface area contributed by atoms with Gasteiger partial charge in [0.15, 0.2) is 23.9 Å². The summed E-state index contributed by atoms with van der Waals surface area (Å²) in [5.41, 5.74) is 0.459. The maximum Gasteiger partial charge on any atom is 0.344 e. The predicted octanol–water partition coefficient (Wildman–Crippen LogP) is 2.57. The average Bonchev–Trinajstić information content (AvgIpc) is 2.65. The molecule has 2 aromatic carbocycles. The fourth-order valence-corrected chi connectivity index (χ4v) is 2.55. The Bertz CT molecular complexity index is 836. The van der Waals surface area contributed by atoms with Crippen LogP contribution in [0.4, 0.5) is 0 Å². The summed E-state index contributed by atoms with van der Waals surface area (Å²) in [4.78, 5) is 23.6. The topological polar surface area (TPSA) is 123 Å². The highest BCUT2D eigenvalue weighted by Gasteiger charge is 2.15. The SMILES string of the molecule is CCOC(=O)COc1cc(O)c(CCC(=O)c2ccc(OC)c(O)c2)c(O)c1. The Labute approximate surface area is 161 Å². The minimum atomic E-state index is -0.570. The third kappa shape index (κ3) is 5.29. The van der Waals surface area contributed by atoms with Crippen LogP contribution in [-0.2, 0) is 16.0 Å². The largest absolute Gasteiger partial charge is 0.507 e. The first-order chi connectivity index (χ1) is 13.3. The molecule has 0 aromatic heterocycles. The third-order valence-electron chi connectivity index (χ3n) is 3.94. The van der Waals surface area contributed by atoms with Crippen LogP contribution in [0.15, 0.2) is 30.3 Å². The van der Waals surface area contributed by atoms with Crippen LogP contribution < -0.4 is 9.47 Å². The standard InChI is InChI=1S/C20H22O8/c1-3-27-20(25)11-28-13-9-16(22)14(17(23)10-13)5-6-15(21)12-4-7-19(26-2)18(24)8-12/h4,7-10,22-24H,3,5-6,11H2,1-2H3. The summed E-state index contributed by atoms with van der Waals surface area (Å²) in [6, 6.07) is 6.79. The van der Waals surface area contributed by atoms with Gasteiger partial charge in [0.1, 0.15) is 17.2 Å². The molecule has 2 rings (SSSR count). The number of methoxy groups -OCH3 is 1. The molecule has 0 unspecified atom stereocenters. The number of rotatable bonds is 9. The lowest BCUT2D eigenvalue weighted by atomic mass is 10.0. The van der Waals surface area contributed by atoms with Crippen LogP contribution in [0.1, 0.15) is 29.3 Å². The molecule has 0 amide bonds. The molecule has 8 heteroatoms. The first kappa shape index (κ1) is 20.9. The van der Waals surface area contributed by atoms with Gasteiger partial charge in [-0.1, -0.05) is 0 Å². The molecule has 2 aromatic rings. The molecule has 0 spiro atoms. The first-order valence-electron chi connectivity index (χ1n) is 8.59. The zero-order chi connectivity index (χ0) is 20.7. The van der Waals surface area contributed by atoms with Crippen molar-refractivity contribution in [3.05, 3.63) is 41.5 Å². The van der Waals surface area contributed by atoms with E-state index in [1.165, 1.54) is 37.4 Å².